The molecule has 0 aliphatic carbocycles. The molecule has 0 radical (unpaired) electrons. The molecule has 0 saturated carbocycles. The first kappa shape index (κ1) is 20.3. The van der Waals surface area contributed by atoms with Gasteiger partial charge >= 0.3 is 0 Å². The second-order valence-corrected chi connectivity index (χ2v) is 7.20. The number of carbonyl (C=O) groups excluding carboxylic acids is 1. The van der Waals surface area contributed by atoms with Gasteiger partial charge in [-0.2, -0.15) is 0 Å². The van der Waals surface area contributed by atoms with Crippen molar-refractivity contribution < 1.29 is 18.7 Å². The van der Waals surface area contributed by atoms with E-state index in [0.29, 0.717) is 27.2 Å². The molecule has 146 valence electrons. The molecule has 1 amide bonds. The highest BCUT2D eigenvalue weighted by Gasteiger charge is 2.12. The molecule has 0 fully saturated rings. The number of amides is 1. The predicted octanol–water partition coefficient (Wildman–Crippen LogP) is 4.69. The van der Waals surface area contributed by atoms with Gasteiger partial charge in [0.15, 0.2) is 18.1 Å². The Bertz CT molecular complexity index is 947. The van der Waals surface area contributed by atoms with Crippen LogP contribution in [0.4, 0.5) is 5.69 Å². The summed E-state index contributed by atoms with van der Waals surface area (Å²) in [4.78, 5) is 12.0. The van der Waals surface area contributed by atoms with E-state index >= 15 is 0 Å². The molecule has 2 aromatic carbocycles. The number of nitrogens with zero attached hydrogens (tertiary/aromatic N) is 2. The van der Waals surface area contributed by atoms with Crippen LogP contribution < -0.4 is 14.8 Å². The third kappa shape index (κ3) is 5.79. The van der Waals surface area contributed by atoms with Gasteiger partial charge in [0.2, 0.25) is 5.91 Å². The van der Waals surface area contributed by atoms with Gasteiger partial charge in [0, 0.05) is 15.7 Å². The molecule has 1 N–H and O–H groups in total. The lowest BCUT2D eigenvalue weighted by Crippen LogP contribution is -2.13. The van der Waals surface area contributed by atoms with Crippen LogP contribution in [0.3, 0.4) is 0 Å². The SMILES string of the molecule is COc1ccccc1OCc1nnc(SCC(=O)Nc2cc(Cl)cc(Cl)c2)o1. The maximum Gasteiger partial charge on any atom is 0.277 e. The predicted molar refractivity (Wildman–Crippen MR) is 107 cm³/mol. The van der Waals surface area contributed by atoms with Crippen molar-refractivity contribution in [1.29, 1.82) is 0 Å². The van der Waals surface area contributed by atoms with Crippen molar-refractivity contribution in [3.63, 3.8) is 0 Å². The first-order valence-corrected chi connectivity index (χ1v) is 9.74. The van der Waals surface area contributed by atoms with Crippen molar-refractivity contribution >= 4 is 46.6 Å². The molecule has 0 saturated heterocycles. The van der Waals surface area contributed by atoms with E-state index < -0.39 is 0 Å². The maximum absolute atomic E-state index is 12.0. The molecule has 3 aromatic rings. The summed E-state index contributed by atoms with van der Waals surface area (Å²) in [6.07, 6.45) is 0. The fourth-order valence-corrected chi connectivity index (χ4v) is 3.29. The third-order valence-electron chi connectivity index (χ3n) is 3.34. The first-order valence-electron chi connectivity index (χ1n) is 8.00. The number of hydrogen-bond acceptors (Lipinski definition) is 7. The number of aromatic nitrogens is 2. The van der Waals surface area contributed by atoms with Crippen LogP contribution in [0.25, 0.3) is 0 Å². The lowest BCUT2D eigenvalue weighted by atomic mass is 10.3. The monoisotopic (exact) mass is 439 g/mol. The zero-order chi connectivity index (χ0) is 19.9. The number of carbonyl (C=O) groups is 1. The second kappa shape index (κ2) is 9.68. The Morgan fingerprint density at radius 3 is 2.57 bits per heavy atom. The van der Waals surface area contributed by atoms with Crippen molar-refractivity contribution in [2.24, 2.45) is 0 Å². The Morgan fingerprint density at radius 1 is 1.14 bits per heavy atom. The van der Waals surface area contributed by atoms with Gasteiger partial charge in [-0.05, 0) is 30.3 Å². The number of anilines is 1. The average molecular weight is 440 g/mol. The summed E-state index contributed by atoms with van der Waals surface area (Å²) in [7, 11) is 1.56. The van der Waals surface area contributed by atoms with Crippen molar-refractivity contribution in [1.82, 2.24) is 10.2 Å². The van der Waals surface area contributed by atoms with Crippen molar-refractivity contribution in [2.75, 3.05) is 18.2 Å². The summed E-state index contributed by atoms with van der Waals surface area (Å²) >= 11 is 12.9. The van der Waals surface area contributed by atoms with E-state index in [2.05, 4.69) is 15.5 Å². The number of hydrogen-bond donors (Lipinski definition) is 1. The van der Waals surface area contributed by atoms with E-state index in [0.717, 1.165) is 11.8 Å². The number of halogens is 2. The molecule has 0 atom stereocenters. The van der Waals surface area contributed by atoms with Gasteiger partial charge in [-0.3, -0.25) is 4.79 Å². The van der Waals surface area contributed by atoms with E-state index in [9.17, 15) is 4.79 Å². The minimum atomic E-state index is -0.256. The minimum absolute atomic E-state index is 0.0825. The maximum atomic E-state index is 12.0. The number of nitrogens with one attached hydrogen (secondary N) is 1. The second-order valence-electron chi connectivity index (χ2n) is 5.40. The molecular weight excluding hydrogens is 425 g/mol. The molecule has 0 aliphatic rings. The van der Waals surface area contributed by atoms with Crippen LogP contribution in [0, 0.1) is 0 Å². The van der Waals surface area contributed by atoms with E-state index in [1.54, 1.807) is 37.4 Å². The molecule has 7 nitrogen and oxygen atoms in total. The summed E-state index contributed by atoms with van der Waals surface area (Å²) in [5.74, 6) is 1.29. The molecule has 1 heterocycles. The van der Waals surface area contributed by atoms with Crippen molar-refractivity contribution in [3.05, 3.63) is 58.4 Å². The minimum Gasteiger partial charge on any atom is -0.493 e. The quantitative estimate of drug-likeness (QED) is 0.509. The summed E-state index contributed by atoms with van der Waals surface area (Å²) in [5.41, 5.74) is 0.513. The van der Waals surface area contributed by atoms with E-state index in [4.69, 9.17) is 37.1 Å². The van der Waals surface area contributed by atoms with Gasteiger partial charge < -0.3 is 19.2 Å². The molecule has 0 spiro atoms. The van der Waals surface area contributed by atoms with Crippen LogP contribution in [-0.2, 0) is 11.4 Å². The lowest BCUT2D eigenvalue weighted by Gasteiger charge is -2.08. The number of para-hydroxylation sites is 2. The summed E-state index contributed by atoms with van der Waals surface area (Å²) < 4.78 is 16.3. The van der Waals surface area contributed by atoms with Crippen molar-refractivity contribution in [2.45, 2.75) is 11.8 Å². The standard InChI is InChI=1S/C18H15Cl2N3O4S/c1-25-14-4-2-3-5-15(14)26-9-17-22-23-18(27-17)28-10-16(24)21-13-7-11(19)6-12(20)8-13/h2-8H,9-10H2,1H3,(H,21,24). The zero-order valence-corrected chi connectivity index (χ0v) is 17.0. The Labute approximate surface area is 175 Å². The van der Waals surface area contributed by atoms with Crippen LogP contribution in [0.1, 0.15) is 5.89 Å². The van der Waals surface area contributed by atoms with Gasteiger partial charge in [-0.15, -0.1) is 10.2 Å². The summed E-state index contributed by atoms with van der Waals surface area (Å²) in [5, 5.41) is 11.6. The highest BCUT2D eigenvalue weighted by atomic mass is 35.5. The van der Waals surface area contributed by atoms with Crippen LogP contribution >= 0.6 is 35.0 Å². The molecule has 0 aliphatic heterocycles. The number of rotatable bonds is 8. The average Bonchev–Trinajstić information content (AvgIpc) is 3.12. The van der Waals surface area contributed by atoms with Crippen molar-refractivity contribution in [3.8, 4) is 11.5 Å². The molecule has 10 heteroatoms. The van der Waals surface area contributed by atoms with Crippen LogP contribution in [-0.4, -0.2) is 29.0 Å². The fraction of sp³-hybridized carbons (Fsp3) is 0.167. The Hall–Kier alpha value is -2.42. The molecule has 28 heavy (non-hydrogen) atoms. The first-order chi connectivity index (χ1) is 13.5. The number of benzene rings is 2. The summed E-state index contributed by atoms with van der Waals surface area (Å²) in [6.45, 7) is 0.0845. The fourth-order valence-electron chi connectivity index (χ4n) is 2.18. The lowest BCUT2D eigenvalue weighted by molar-refractivity contribution is -0.113. The Balaban J connectivity index is 1.49. The topological polar surface area (TPSA) is 86.5 Å². The Kier molecular flexibility index (Phi) is 7.02. The normalized spacial score (nSPS) is 10.5. The van der Waals surface area contributed by atoms with Gasteiger partial charge in [0.1, 0.15) is 0 Å². The molecule has 3 rings (SSSR count). The van der Waals surface area contributed by atoms with E-state index in [1.165, 1.54) is 0 Å². The largest absolute Gasteiger partial charge is 0.493 e. The van der Waals surface area contributed by atoms with Crippen LogP contribution in [0.2, 0.25) is 10.0 Å². The highest BCUT2D eigenvalue weighted by Crippen LogP contribution is 2.27. The number of thioether (sulfide) groups is 1. The van der Waals surface area contributed by atoms with E-state index in [-0.39, 0.29) is 29.4 Å². The smallest absolute Gasteiger partial charge is 0.277 e. The van der Waals surface area contributed by atoms with Gasteiger partial charge in [0.05, 0.1) is 12.9 Å². The third-order valence-corrected chi connectivity index (χ3v) is 4.60. The van der Waals surface area contributed by atoms with Crippen LogP contribution in [0.15, 0.2) is 52.1 Å². The molecule has 1 aromatic heterocycles. The number of ether oxygens (including phenoxy) is 2. The van der Waals surface area contributed by atoms with Gasteiger partial charge in [-0.1, -0.05) is 47.1 Å². The molecular formula is C18H15Cl2N3O4S. The summed E-state index contributed by atoms with van der Waals surface area (Å²) in [6, 6.07) is 12.0. The molecule has 0 bridgehead atoms. The number of methoxy groups -OCH3 is 1. The highest BCUT2D eigenvalue weighted by molar-refractivity contribution is 7.99. The molecule has 0 unspecified atom stereocenters. The Morgan fingerprint density at radius 2 is 1.86 bits per heavy atom. The van der Waals surface area contributed by atoms with Gasteiger partial charge in [0.25, 0.3) is 11.1 Å². The van der Waals surface area contributed by atoms with Crippen LogP contribution in [0.5, 0.6) is 11.5 Å². The van der Waals surface area contributed by atoms with Gasteiger partial charge in [-0.25, -0.2) is 0 Å². The zero-order valence-electron chi connectivity index (χ0n) is 14.6. The van der Waals surface area contributed by atoms with E-state index in [1.807, 2.05) is 12.1 Å².